The van der Waals surface area contributed by atoms with Gasteiger partial charge in [0.25, 0.3) is 0 Å². The average Bonchev–Trinajstić information content (AvgIpc) is 2.51. The number of ether oxygens (including phenoxy) is 1. The number of nitrogens with zero attached hydrogens (tertiary/aromatic N) is 1. The molecule has 0 N–H and O–H groups in total. The highest BCUT2D eigenvalue weighted by Crippen LogP contribution is 2.09. The number of esters is 1. The van der Waals surface area contributed by atoms with Gasteiger partial charge in [-0.15, -0.1) is 0 Å². The molecule has 0 heterocycles. The summed E-state index contributed by atoms with van der Waals surface area (Å²) in [6, 6.07) is 0. The largest absolute Gasteiger partial charge is 1.00 e. The number of quaternary nitrogens is 1. The lowest BCUT2D eigenvalue weighted by molar-refractivity contribution is -0.916. The highest BCUT2D eigenvalue weighted by atomic mass is 35.5. The first-order valence-corrected chi connectivity index (χ1v) is 9.14. The normalized spacial score (nSPS) is 11.1. The van der Waals surface area contributed by atoms with E-state index < -0.39 is 0 Å². The molecule has 0 unspecified atom stereocenters. The van der Waals surface area contributed by atoms with Crippen LogP contribution in [0.3, 0.4) is 0 Å². The Morgan fingerprint density at radius 3 is 1.68 bits per heavy atom. The summed E-state index contributed by atoms with van der Waals surface area (Å²) in [5.74, 6) is -0.0245. The van der Waals surface area contributed by atoms with E-state index in [-0.39, 0.29) is 18.4 Å². The van der Waals surface area contributed by atoms with Crippen molar-refractivity contribution in [3.63, 3.8) is 0 Å². The van der Waals surface area contributed by atoms with Gasteiger partial charge in [0.15, 0.2) is 6.54 Å². The number of hydrogen-bond donors (Lipinski definition) is 0. The fourth-order valence-corrected chi connectivity index (χ4v) is 2.75. The lowest BCUT2D eigenvalue weighted by Gasteiger charge is -2.34. The van der Waals surface area contributed by atoms with Gasteiger partial charge in [-0.25, -0.2) is 4.79 Å². The highest BCUT2D eigenvalue weighted by molar-refractivity contribution is 5.70. The molecule has 3 nitrogen and oxygen atoms in total. The lowest BCUT2D eigenvalue weighted by Crippen LogP contribution is -3.00. The molecule has 0 aromatic carbocycles. The molecule has 0 aliphatic carbocycles. The molecule has 0 aromatic heterocycles. The van der Waals surface area contributed by atoms with Crippen molar-refractivity contribution in [2.45, 2.75) is 79.1 Å². The Morgan fingerprint density at radius 1 is 0.773 bits per heavy atom. The number of carbonyl (C=O) groups is 1. The molecular formula is C18H38ClNO2. The van der Waals surface area contributed by atoms with Gasteiger partial charge in [-0.2, -0.15) is 0 Å². The second-order valence-corrected chi connectivity index (χ2v) is 6.14. The fraction of sp³-hybridized carbons (Fsp3) is 0.944. The SMILES string of the molecule is CCCCCCCCCCOC(=O)C[N+](CC)(CC)CC.[Cl-]. The van der Waals surface area contributed by atoms with Crippen LogP contribution in [0.5, 0.6) is 0 Å². The van der Waals surface area contributed by atoms with Crippen LogP contribution < -0.4 is 12.4 Å². The van der Waals surface area contributed by atoms with E-state index in [0.717, 1.165) is 30.5 Å². The van der Waals surface area contributed by atoms with E-state index in [9.17, 15) is 4.79 Å². The number of hydrogen-bond acceptors (Lipinski definition) is 2. The monoisotopic (exact) mass is 335 g/mol. The third-order valence-corrected chi connectivity index (χ3v) is 4.74. The third-order valence-electron chi connectivity index (χ3n) is 4.74. The summed E-state index contributed by atoms with van der Waals surface area (Å²) in [7, 11) is 0. The van der Waals surface area contributed by atoms with Gasteiger partial charge in [-0.05, 0) is 27.2 Å². The molecule has 134 valence electrons. The van der Waals surface area contributed by atoms with E-state index in [1.54, 1.807) is 0 Å². The van der Waals surface area contributed by atoms with Crippen molar-refractivity contribution in [3.8, 4) is 0 Å². The number of carbonyl (C=O) groups excluding carboxylic acids is 1. The minimum absolute atomic E-state index is 0. The average molecular weight is 336 g/mol. The number of unbranched alkanes of at least 4 members (excludes halogenated alkanes) is 7. The molecule has 4 heteroatoms. The Hall–Kier alpha value is -0.280. The van der Waals surface area contributed by atoms with Crippen molar-refractivity contribution >= 4 is 5.97 Å². The molecule has 0 spiro atoms. The van der Waals surface area contributed by atoms with Gasteiger partial charge in [0, 0.05) is 0 Å². The van der Waals surface area contributed by atoms with Crippen LogP contribution in [-0.2, 0) is 9.53 Å². The molecule has 0 radical (unpaired) electrons. The summed E-state index contributed by atoms with van der Waals surface area (Å²) >= 11 is 0. The maximum absolute atomic E-state index is 11.9. The minimum atomic E-state index is -0.0245. The molecule has 0 rings (SSSR count). The van der Waals surface area contributed by atoms with Gasteiger partial charge in [0.2, 0.25) is 0 Å². The summed E-state index contributed by atoms with van der Waals surface area (Å²) < 4.78 is 6.24. The second-order valence-electron chi connectivity index (χ2n) is 6.14. The minimum Gasteiger partial charge on any atom is -1.00 e. The Morgan fingerprint density at radius 2 is 1.23 bits per heavy atom. The van der Waals surface area contributed by atoms with Crippen LogP contribution in [-0.4, -0.2) is 43.2 Å². The summed E-state index contributed by atoms with van der Waals surface area (Å²) in [6.07, 6.45) is 10.2. The molecule has 0 saturated heterocycles. The first-order valence-electron chi connectivity index (χ1n) is 9.14. The van der Waals surface area contributed by atoms with Crippen LogP contribution in [0.4, 0.5) is 0 Å². The zero-order valence-corrected chi connectivity index (χ0v) is 16.1. The van der Waals surface area contributed by atoms with Gasteiger partial charge < -0.3 is 21.6 Å². The lowest BCUT2D eigenvalue weighted by atomic mass is 10.1. The summed E-state index contributed by atoms with van der Waals surface area (Å²) in [4.78, 5) is 11.9. The smallest absolute Gasteiger partial charge is 0.361 e. The maximum atomic E-state index is 11.9. The van der Waals surface area contributed by atoms with Gasteiger partial charge >= 0.3 is 5.97 Å². The van der Waals surface area contributed by atoms with E-state index in [2.05, 4.69) is 27.7 Å². The predicted octanol–water partition coefficient (Wildman–Crippen LogP) is 1.55. The first kappa shape index (κ1) is 24.0. The van der Waals surface area contributed by atoms with Crippen molar-refractivity contribution in [3.05, 3.63) is 0 Å². The topological polar surface area (TPSA) is 26.3 Å². The van der Waals surface area contributed by atoms with Crippen LogP contribution in [0.25, 0.3) is 0 Å². The van der Waals surface area contributed by atoms with Crippen molar-refractivity contribution in [1.82, 2.24) is 0 Å². The number of rotatable bonds is 14. The van der Waals surface area contributed by atoms with Crippen molar-refractivity contribution < 1.29 is 26.4 Å². The molecule has 0 aliphatic rings. The molecule has 0 aromatic rings. The maximum Gasteiger partial charge on any atom is 0.361 e. The van der Waals surface area contributed by atoms with Crippen molar-refractivity contribution in [1.29, 1.82) is 0 Å². The number of likely N-dealkylation sites (N-methyl/N-ethyl adjacent to an activating group) is 1. The Balaban J connectivity index is 0. The molecular weight excluding hydrogens is 298 g/mol. The fourth-order valence-electron chi connectivity index (χ4n) is 2.75. The van der Waals surface area contributed by atoms with Crippen molar-refractivity contribution in [2.24, 2.45) is 0 Å². The van der Waals surface area contributed by atoms with E-state index in [1.807, 2.05) is 0 Å². The van der Waals surface area contributed by atoms with Crippen molar-refractivity contribution in [2.75, 3.05) is 32.8 Å². The van der Waals surface area contributed by atoms with E-state index >= 15 is 0 Å². The molecule has 0 aliphatic heterocycles. The Labute approximate surface area is 144 Å². The number of halogens is 1. The van der Waals surface area contributed by atoms with Crippen LogP contribution in [0.2, 0.25) is 0 Å². The summed E-state index contributed by atoms with van der Waals surface area (Å²) in [5, 5.41) is 0. The molecule has 0 fully saturated rings. The van der Waals surface area contributed by atoms with Crippen LogP contribution in [0, 0.1) is 0 Å². The van der Waals surface area contributed by atoms with Crippen LogP contribution >= 0.6 is 0 Å². The zero-order chi connectivity index (χ0) is 16.0. The summed E-state index contributed by atoms with van der Waals surface area (Å²) in [6.45, 7) is 12.8. The van der Waals surface area contributed by atoms with Gasteiger partial charge in [0.05, 0.1) is 26.2 Å². The standard InChI is InChI=1S/C18H38NO2.ClH/c1-5-9-10-11-12-13-14-15-16-21-18(20)17-19(6-2,7-3)8-4;/h5-17H2,1-4H3;1H/q+1;/p-1. The van der Waals surface area contributed by atoms with E-state index in [4.69, 9.17) is 4.74 Å². The summed E-state index contributed by atoms with van der Waals surface area (Å²) in [5.41, 5.74) is 0. The van der Waals surface area contributed by atoms with Gasteiger partial charge in [-0.3, -0.25) is 0 Å². The molecule has 0 amide bonds. The third kappa shape index (κ3) is 11.3. The van der Waals surface area contributed by atoms with Gasteiger partial charge in [-0.1, -0.05) is 51.9 Å². The second kappa shape index (κ2) is 15.6. The van der Waals surface area contributed by atoms with Crippen LogP contribution in [0.1, 0.15) is 79.1 Å². The van der Waals surface area contributed by atoms with E-state index in [0.29, 0.717) is 13.2 Å². The molecule has 0 bridgehead atoms. The zero-order valence-electron chi connectivity index (χ0n) is 15.3. The van der Waals surface area contributed by atoms with Gasteiger partial charge in [0.1, 0.15) is 0 Å². The van der Waals surface area contributed by atoms with E-state index in [1.165, 1.54) is 44.9 Å². The first-order chi connectivity index (χ1) is 10.1. The Kier molecular flexibility index (Phi) is 17.0. The Bertz CT molecular complexity index is 247. The van der Waals surface area contributed by atoms with Crippen LogP contribution in [0.15, 0.2) is 0 Å². The molecule has 0 saturated carbocycles. The molecule has 0 atom stereocenters. The molecule has 22 heavy (non-hydrogen) atoms. The highest BCUT2D eigenvalue weighted by Gasteiger charge is 2.25. The quantitative estimate of drug-likeness (QED) is 0.273. The predicted molar refractivity (Wildman–Crippen MR) is 90.3 cm³/mol.